The van der Waals surface area contributed by atoms with Crippen LogP contribution in [0.15, 0.2) is 109 Å². The number of phenolic OH excluding ortho intramolecular Hbond substituents is 1. The molecule has 4 aromatic carbocycles. The van der Waals surface area contributed by atoms with Crippen molar-refractivity contribution < 1.29 is 26.8 Å². The van der Waals surface area contributed by atoms with E-state index in [2.05, 4.69) is 20.5 Å². The zero-order valence-corrected chi connectivity index (χ0v) is 18.8. The first-order chi connectivity index (χ1) is 16.2. The van der Waals surface area contributed by atoms with E-state index in [1.165, 1.54) is 12.1 Å². The summed E-state index contributed by atoms with van der Waals surface area (Å²) in [5.74, 6) is -0.365. The van der Waals surface area contributed by atoms with Gasteiger partial charge in [0, 0.05) is 10.3 Å². The average molecular weight is 496 g/mol. The number of aromatic hydroxyl groups is 1. The largest absolute Gasteiger partial charge is 0.768 e. The summed E-state index contributed by atoms with van der Waals surface area (Å²) in [6.45, 7) is 0. The van der Waals surface area contributed by atoms with E-state index in [1.54, 1.807) is 24.3 Å². The molecule has 4 rings (SSSR count). The summed E-state index contributed by atoms with van der Waals surface area (Å²) in [5, 5.41) is 26.7. The molecule has 0 heterocycles. The Morgan fingerprint density at radius 3 is 1.88 bits per heavy atom. The standard InChI is InChI=1S/C22H16N4O6S2/c27-19-11-6-14-12-18(34(30,31)32)13-20(33(28)29)21(14)22(19)26-25-17-9-7-16(8-10-17)24-23-15-4-2-1-3-5-15/h1-13,27H,(H,28,29)(H,30,31,32)/p-1. The Hall–Kier alpha value is -3.84. The van der Waals surface area contributed by atoms with Crippen LogP contribution in [0.5, 0.6) is 5.75 Å². The summed E-state index contributed by atoms with van der Waals surface area (Å²) in [6.07, 6.45) is 0. The predicted octanol–water partition coefficient (Wildman–Crippen LogP) is 5.86. The number of fused-ring (bicyclic) bond motifs is 1. The summed E-state index contributed by atoms with van der Waals surface area (Å²) >= 11 is -2.90. The van der Waals surface area contributed by atoms with Crippen LogP contribution in [-0.2, 0) is 21.2 Å². The normalized spacial score (nSPS) is 13.1. The van der Waals surface area contributed by atoms with Gasteiger partial charge in [-0.2, -0.15) is 23.8 Å². The van der Waals surface area contributed by atoms with Crippen molar-refractivity contribution in [1.29, 1.82) is 0 Å². The average Bonchev–Trinajstić information content (AvgIpc) is 2.82. The quantitative estimate of drug-likeness (QED) is 0.193. The van der Waals surface area contributed by atoms with Crippen molar-refractivity contribution in [1.82, 2.24) is 0 Å². The van der Waals surface area contributed by atoms with E-state index in [-0.39, 0.29) is 22.2 Å². The highest BCUT2D eigenvalue weighted by Crippen LogP contribution is 2.40. The zero-order valence-electron chi connectivity index (χ0n) is 17.1. The molecule has 0 bridgehead atoms. The van der Waals surface area contributed by atoms with Crippen molar-refractivity contribution in [2.75, 3.05) is 0 Å². The van der Waals surface area contributed by atoms with E-state index in [9.17, 15) is 26.8 Å². The lowest BCUT2D eigenvalue weighted by atomic mass is 10.1. The second-order valence-electron chi connectivity index (χ2n) is 6.91. The Morgan fingerprint density at radius 1 is 0.765 bits per heavy atom. The first kappa shape index (κ1) is 23.3. The fourth-order valence-corrected chi connectivity index (χ4v) is 4.28. The van der Waals surface area contributed by atoms with Gasteiger partial charge in [-0.15, -0.1) is 5.11 Å². The van der Waals surface area contributed by atoms with Gasteiger partial charge in [-0.3, -0.25) is 8.76 Å². The highest BCUT2D eigenvalue weighted by atomic mass is 32.2. The van der Waals surface area contributed by atoms with Crippen LogP contribution in [0.1, 0.15) is 0 Å². The second-order valence-corrected chi connectivity index (χ2v) is 9.25. The van der Waals surface area contributed by atoms with E-state index in [0.717, 1.165) is 12.1 Å². The number of hydrogen-bond donors (Lipinski definition) is 2. The molecule has 4 aromatic rings. The fourth-order valence-electron chi connectivity index (χ4n) is 3.06. The van der Waals surface area contributed by atoms with Gasteiger partial charge in [-0.1, -0.05) is 24.3 Å². The van der Waals surface area contributed by atoms with Gasteiger partial charge in [0.1, 0.15) is 11.4 Å². The number of nitrogens with zero attached hydrogens (tertiary/aromatic N) is 4. The van der Waals surface area contributed by atoms with Gasteiger partial charge in [0.25, 0.3) is 10.1 Å². The van der Waals surface area contributed by atoms with Gasteiger partial charge in [-0.05, 0) is 71.1 Å². The number of rotatable bonds is 6. The smallest absolute Gasteiger partial charge is 0.294 e. The van der Waals surface area contributed by atoms with E-state index >= 15 is 0 Å². The summed E-state index contributed by atoms with van der Waals surface area (Å²) in [4.78, 5) is -1.07. The van der Waals surface area contributed by atoms with Crippen LogP contribution in [0.2, 0.25) is 0 Å². The Balaban J connectivity index is 1.70. The Morgan fingerprint density at radius 2 is 1.32 bits per heavy atom. The van der Waals surface area contributed by atoms with Crippen molar-refractivity contribution in [3.8, 4) is 5.75 Å². The van der Waals surface area contributed by atoms with Gasteiger partial charge in [0.05, 0.1) is 22.0 Å². The van der Waals surface area contributed by atoms with Crippen LogP contribution < -0.4 is 0 Å². The van der Waals surface area contributed by atoms with Crippen molar-refractivity contribution in [2.24, 2.45) is 20.5 Å². The molecule has 2 N–H and O–H groups in total. The summed E-state index contributed by atoms with van der Waals surface area (Å²) < 4.78 is 55.9. The maximum atomic E-state index is 11.8. The molecular formula is C22H15N4O6S2-. The molecule has 34 heavy (non-hydrogen) atoms. The summed E-state index contributed by atoms with van der Waals surface area (Å²) in [5.41, 5.74) is 1.47. The van der Waals surface area contributed by atoms with Crippen LogP contribution in [-0.4, -0.2) is 26.8 Å². The van der Waals surface area contributed by atoms with E-state index in [1.807, 2.05) is 30.3 Å². The SMILES string of the molecule is O=S([O-])c1cc(S(=O)(=O)O)cc2ccc(O)c(N=Nc3ccc(N=Nc4ccccc4)cc3)c12. The molecule has 0 fully saturated rings. The topological polar surface area (TPSA) is 164 Å². The molecule has 0 aromatic heterocycles. The third-order valence-electron chi connectivity index (χ3n) is 4.64. The van der Waals surface area contributed by atoms with Crippen molar-refractivity contribution >= 4 is 54.7 Å². The number of azo groups is 2. The molecule has 10 nitrogen and oxygen atoms in total. The Kier molecular flexibility index (Phi) is 6.56. The fraction of sp³-hybridized carbons (Fsp3) is 0. The minimum absolute atomic E-state index is 0.0437. The van der Waals surface area contributed by atoms with Crippen LogP contribution >= 0.6 is 0 Å². The monoisotopic (exact) mass is 495 g/mol. The lowest BCUT2D eigenvalue weighted by Crippen LogP contribution is -2.01. The third kappa shape index (κ3) is 5.21. The minimum atomic E-state index is -4.66. The van der Waals surface area contributed by atoms with Crippen molar-refractivity contribution in [2.45, 2.75) is 9.79 Å². The molecule has 0 radical (unpaired) electrons. The molecule has 0 aliphatic heterocycles. The Labute approximate surface area is 196 Å². The molecular weight excluding hydrogens is 480 g/mol. The maximum Gasteiger partial charge on any atom is 0.294 e. The van der Waals surface area contributed by atoms with Gasteiger partial charge < -0.3 is 9.66 Å². The van der Waals surface area contributed by atoms with Crippen molar-refractivity contribution in [3.05, 3.63) is 78.9 Å². The molecule has 0 spiro atoms. The maximum absolute atomic E-state index is 11.8. The molecule has 0 aliphatic rings. The van der Waals surface area contributed by atoms with Crippen LogP contribution in [0, 0.1) is 0 Å². The van der Waals surface area contributed by atoms with E-state index in [0.29, 0.717) is 17.1 Å². The molecule has 0 aliphatic carbocycles. The Bertz CT molecular complexity index is 1550. The molecule has 0 saturated carbocycles. The number of phenols is 1. The van der Waals surface area contributed by atoms with E-state index < -0.39 is 31.0 Å². The second kappa shape index (κ2) is 9.57. The first-order valence-corrected chi connectivity index (χ1v) is 12.1. The minimum Gasteiger partial charge on any atom is -0.768 e. The molecule has 172 valence electrons. The summed E-state index contributed by atoms with van der Waals surface area (Å²) in [7, 11) is -4.66. The molecule has 12 heteroatoms. The van der Waals surface area contributed by atoms with Gasteiger partial charge in [-0.25, -0.2) is 0 Å². The molecule has 1 unspecified atom stereocenters. The van der Waals surface area contributed by atoms with Crippen LogP contribution in [0.4, 0.5) is 22.7 Å². The molecule has 0 amide bonds. The predicted molar refractivity (Wildman–Crippen MR) is 124 cm³/mol. The lowest BCUT2D eigenvalue weighted by molar-refractivity contribution is 0.477. The third-order valence-corrected chi connectivity index (χ3v) is 6.15. The zero-order chi connectivity index (χ0) is 24.3. The van der Waals surface area contributed by atoms with Crippen LogP contribution in [0.25, 0.3) is 10.8 Å². The van der Waals surface area contributed by atoms with Gasteiger partial charge in [0.15, 0.2) is 0 Å². The molecule has 1 atom stereocenters. The molecule has 0 saturated heterocycles. The summed E-state index contributed by atoms with van der Waals surface area (Å²) in [6, 6.07) is 20.1. The highest BCUT2D eigenvalue weighted by Gasteiger charge is 2.18. The van der Waals surface area contributed by atoms with Crippen molar-refractivity contribution in [3.63, 3.8) is 0 Å². The van der Waals surface area contributed by atoms with Crippen LogP contribution in [0.3, 0.4) is 0 Å². The van der Waals surface area contributed by atoms with Gasteiger partial charge in [0.2, 0.25) is 0 Å². The lowest BCUT2D eigenvalue weighted by Gasteiger charge is -2.13. The van der Waals surface area contributed by atoms with E-state index in [4.69, 9.17) is 0 Å². The highest BCUT2D eigenvalue weighted by molar-refractivity contribution is 7.86. The number of benzene rings is 4. The van der Waals surface area contributed by atoms with Gasteiger partial charge >= 0.3 is 0 Å². The first-order valence-electron chi connectivity index (χ1n) is 9.57. The number of hydrogen-bond acceptors (Lipinski definition) is 9.